The molecule has 0 fully saturated rings. The maximum absolute atomic E-state index is 12.6. The number of amides is 1. The van der Waals surface area contributed by atoms with Crippen LogP contribution < -0.4 is 0 Å². The van der Waals surface area contributed by atoms with Gasteiger partial charge < -0.3 is 4.90 Å². The normalized spacial score (nSPS) is 11.7. The molecule has 0 radical (unpaired) electrons. The van der Waals surface area contributed by atoms with E-state index in [4.69, 9.17) is 5.26 Å². The lowest BCUT2D eigenvalue weighted by molar-refractivity contribution is -0.384. The zero-order valence-corrected chi connectivity index (χ0v) is 14.6. The molecule has 2 rings (SSSR count). The summed E-state index contributed by atoms with van der Waals surface area (Å²) in [6, 6.07) is 15.2. The number of hydrogen-bond donors (Lipinski definition) is 0. The van der Waals surface area contributed by atoms with Crippen LogP contribution in [-0.4, -0.2) is 22.3 Å². The van der Waals surface area contributed by atoms with E-state index in [0.717, 1.165) is 5.56 Å². The summed E-state index contributed by atoms with van der Waals surface area (Å²) in [6.45, 7) is 4.32. The van der Waals surface area contributed by atoms with Crippen LogP contribution in [0.1, 0.15) is 36.6 Å². The van der Waals surface area contributed by atoms with Crippen LogP contribution in [0.4, 0.5) is 5.69 Å². The maximum Gasteiger partial charge on any atom is 0.270 e. The molecule has 0 spiro atoms. The molecule has 2 aromatic rings. The second-order valence-corrected chi connectivity index (χ2v) is 5.72. The topological polar surface area (TPSA) is 87.2 Å². The third-order valence-electron chi connectivity index (χ3n) is 4.11. The summed E-state index contributed by atoms with van der Waals surface area (Å²) in [5.74, 6) is -0.184. The van der Waals surface area contributed by atoms with Crippen molar-refractivity contribution in [3.8, 4) is 6.07 Å². The highest BCUT2D eigenvalue weighted by Crippen LogP contribution is 2.21. The lowest BCUT2D eigenvalue weighted by atomic mass is 10.0. The van der Waals surface area contributed by atoms with Crippen molar-refractivity contribution in [1.29, 1.82) is 5.26 Å². The van der Waals surface area contributed by atoms with Crippen LogP contribution in [0.5, 0.6) is 0 Å². The highest BCUT2D eigenvalue weighted by molar-refractivity contribution is 5.92. The Morgan fingerprint density at radius 2 is 2.00 bits per heavy atom. The average Bonchev–Trinajstić information content (AvgIpc) is 2.67. The maximum atomic E-state index is 12.6. The molecule has 1 atom stereocenters. The Bertz CT molecular complexity index is 867. The first-order chi connectivity index (χ1) is 12.5. The van der Waals surface area contributed by atoms with Crippen LogP contribution in [0.3, 0.4) is 0 Å². The number of carbonyl (C=O) groups is 1. The van der Waals surface area contributed by atoms with Gasteiger partial charge in [-0.1, -0.05) is 24.3 Å². The molecule has 0 aliphatic heterocycles. The summed E-state index contributed by atoms with van der Waals surface area (Å²) >= 11 is 0. The second-order valence-electron chi connectivity index (χ2n) is 5.72. The van der Waals surface area contributed by atoms with Crippen LogP contribution in [0, 0.1) is 21.4 Å². The second kappa shape index (κ2) is 8.58. The molecular formula is C20H19N3O3. The van der Waals surface area contributed by atoms with Crippen molar-refractivity contribution < 1.29 is 9.72 Å². The third-order valence-corrected chi connectivity index (χ3v) is 4.11. The molecule has 0 N–H and O–H groups in total. The number of benzene rings is 2. The Morgan fingerprint density at radius 3 is 2.58 bits per heavy atom. The molecule has 0 saturated carbocycles. The van der Waals surface area contributed by atoms with Crippen LogP contribution in [0.2, 0.25) is 0 Å². The molecule has 2 aromatic carbocycles. The minimum Gasteiger partial charge on any atom is -0.333 e. The van der Waals surface area contributed by atoms with Crippen LogP contribution >= 0.6 is 0 Å². The third kappa shape index (κ3) is 4.54. The first-order valence-electron chi connectivity index (χ1n) is 8.19. The van der Waals surface area contributed by atoms with E-state index in [9.17, 15) is 14.9 Å². The molecule has 1 amide bonds. The van der Waals surface area contributed by atoms with E-state index < -0.39 is 4.92 Å². The van der Waals surface area contributed by atoms with Gasteiger partial charge in [0.05, 0.1) is 22.6 Å². The molecule has 0 aromatic heterocycles. The van der Waals surface area contributed by atoms with Crippen molar-refractivity contribution in [3.05, 3.63) is 81.4 Å². The predicted octanol–water partition coefficient (Wildman–Crippen LogP) is 4.09. The lowest BCUT2D eigenvalue weighted by Gasteiger charge is -2.27. The Hall–Kier alpha value is -3.46. The number of rotatable bonds is 6. The first kappa shape index (κ1) is 18.9. The molecule has 132 valence electrons. The lowest BCUT2D eigenvalue weighted by Crippen LogP contribution is -2.32. The molecule has 1 unspecified atom stereocenters. The Labute approximate surface area is 152 Å². The summed E-state index contributed by atoms with van der Waals surface area (Å²) in [7, 11) is 0. The van der Waals surface area contributed by atoms with Gasteiger partial charge in [0, 0.05) is 24.8 Å². The first-order valence-corrected chi connectivity index (χ1v) is 8.19. The number of carbonyl (C=O) groups excluding carboxylic acids is 1. The number of nitro benzene ring substituents is 1. The summed E-state index contributed by atoms with van der Waals surface area (Å²) in [6.07, 6.45) is 2.99. The van der Waals surface area contributed by atoms with Crippen LogP contribution in [-0.2, 0) is 4.79 Å². The van der Waals surface area contributed by atoms with Crippen molar-refractivity contribution in [2.45, 2.75) is 19.9 Å². The molecular weight excluding hydrogens is 330 g/mol. The van der Waals surface area contributed by atoms with Crippen LogP contribution in [0.15, 0.2) is 54.6 Å². The number of hydrogen-bond acceptors (Lipinski definition) is 4. The molecule has 26 heavy (non-hydrogen) atoms. The van der Waals surface area contributed by atoms with Gasteiger partial charge in [0.25, 0.3) is 5.69 Å². The predicted molar refractivity (Wildman–Crippen MR) is 99.1 cm³/mol. The SMILES string of the molecule is CCN(C(=O)/C=C/c1cccc([N+](=O)[O-])c1)C(C)c1ccc(C#N)cc1. The van der Waals surface area contributed by atoms with Crippen molar-refractivity contribution >= 4 is 17.7 Å². The van der Waals surface area contributed by atoms with Crippen molar-refractivity contribution in [2.24, 2.45) is 0 Å². The summed E-state index contributed by atoms with van der Waals surface area (Å²) in [4.78, 5) is 24.6. The zero-order chi connectivity index (χ0) is 19.1. The van der Waals surface area contributed by atoms with Crippen molar-refractivity contribution in [2.75, 3.05) is 6.54 Å². The Morgan fingerprint density at radius 1 is 1.31 bits per heavy atom. The highest BCUT2D eigenvalue weighted by Gasteiger charge is 2.18. The fourth-order valence-electron chi connectivity index (χ4n) is 2.64. The fourth-order valence-corrected chi connectivity index (χ4v) is 2.64. The van der Waals surface area contributed by atoms with Crippen LogP contribution in [0.25, 0.3) is 6.08 Å². The van der Waals surface area contributed by atoms with Gasteiger partial charge in [-0.25, -0.2) is 0 Å². The molecule has 6 nitrogen and oxygen atoms in total. The van der Waals surface area contributed by atoms with Gasteiger partial charge in [-0.15, -0.1) is 0 Å². The van der Waals surface area contributed by atoms with Gasteiger partial charge in [-0.2, -0.15) is 5.26 Å². The monoisotopic (exact) mass is 349 g/mol. The number of likely N-dealkylation sites (N-methyl/N-ethyl adjacent to an activating group) is 1. The van der Waals surface area contributed by atoms with E-state index in [1.165, 1.54) is 18.2 Å². The quantitative estimate of drug-likeness (QED) is 0.446. The smallest absolute Gasteiger partial charge is 0.270 e. The standard InChI is InChI=1S/C20H19N3O3/c1-3-22(15(2)18-10-7-17(14-21)8-11-18)20(24)12-9-16-5-4-6-19(13-16)23(25)26/h4-13,15H,3H2,1-2H3/b12-9+. The summed E-state index contributed by atoms with van der Waals surface area (Å²) in [5, 5.41) is 19.7. The Balaban J connectivity index is 2.15. The van der Waals surface area contributed by atoms with Gasteiger partial charge >= 0.3 is 0 Å². The average molecular weight is 349 g/mol. The van der Waals surface area contributed by atoms with Gasteiger partial charge in [0.15, 0.2) is 0 Å². The minimum atomic E-state index is -0.468. The van der Waals surface area contributed by atoms with Gasteiger partial charge in [0.2, 0.25) is 5.91 Å². The van der Waals surface area contributed by atoms with Gasteiger partial charge in [-0.05, 0) is 43.2 Å². The number of nitro groups is 1. The largest absolute Gasteiger partial charge is 0.333 e. The number of non-ortho nitro benzene ring substituents is 1. The van der Waals surface area contributed by atoms with Gasteiger partial charge in [0.1, 0.15) is 0 Å². The molecule has 0 bridgehead atoms. The fraction of sp³-hybridized carbons (Fsp3) is 0.200. The molecule has 0 aliphatic rings. The van der Waals surface area contributed by atoms with Crippen molar-refractivity contribution in [1.82, 2.24) is 4.90 Å². The van der Waals surface area contributed by atoms with E-state index in [-0.39, 0.29) is 17.6 Å². The molecule has 0 heterocycles. The minimum absolute atomic E-state index is 0.0158. The summed E-state index contributed by atoms with van der Waals surface area (Å²) in [5.41, 5.74) is 2.08. The molecule has 0 aliphatic carbocycles. The van der Waals surface area contributed by atoms with E-state index in [2.05, 4.69) is 6.07 Å². The Kier molecular flexibility index (Phi) is 6.23. The van der Waals surface area contributed by atoms with E-state index in [1.54, 1.807) is 35.2 Å². The van der Waals surface area contributed by atoms with Gasteiger partial charge in [-0.3, -0.25) is 14.9 Å². The molecule has 6 heteroatoms. The van der Waals surface area contributed by atoms with Crippen molar-refractivity contribution in [3.63, 3.8) is 0 Å². The molecule has 0 saturated heterocycles. The summed E-state index contributed by atoms with van der Waals surface area (Å²) < 4.78 is 0. The highest BCUT2D eigenvalue weighted by atomic mass is 16.6. The van der Waals surface area contributed by atoms with E-state index in [0.29, 0.717) is 17.7 Å². The zero-order valence-electron chi connectivity index (χ0n) is 14.6. The van der Waals surface area contributed by atoms with E-state index >= 15 is 0 Å². The number of nitrogens with zero attached hydrogens (tertiary/aromatic N) is 3. The number of nitriles is 1. The van der Waals surface area contributed by atoms with E-state index in [1.807, 2.05) is 26.0 Å².